The second-order valence-electron chi connectivity index (χ2n) is 4.33. The Balaban J connectivity index is 1.62. The first kappa shape index (κ1) is 12.9. The van der Waals surface area contributed by atoms with Crippen LogP contribution < -0.4 is 10.6 Å². The Morgan fingerprint density at radius 3 is 2.94 bits per heavy atom. The molecule has 0 spiro atoms. The summed E-state index contributed by atoms with van der Waals surface area (Å²) in [5, 5.41) is 13.5. The highest BCUT2D eigenvalue weighted by Gasteiger charge is 2.09. The molecule has 98 valence electrons. The molecule has 6 heteroatoms. The molecule has 1 aromatic rings. The van der Waals surface area contributed by atoms with Crippen LogP contribution in [0.3, 0.4) is 0 Å². The average Bonchev–Trinajstić information content (AvgIpc) is 2.45. The van der Waals surface area contributed by atoms with E-state index in [-0.39, 0.29) is 5.91 Å². The maximum absolute atomic E-state index is 11.7. The molecule has 2 N–H and O–H groups in total. The molecule has 18 heavy (non-hydrogen) atoms. The normalized spacial score (nSPS) is 16.4. The minimum absolute atomic E-state index is 0.0785. The van der Waals surface area contributed by atoms with Gasteiger partial charge >= 0.3 is 0 Å². The maximum Gasteiger partial charge on any atom is 0.252 e. The largest absolute Gasteiger partial charge is 0.352 e. The van der Waals surface area contributed by atoms with Gasteiger partial charge in [-0.15, -0.1) is 0 Å². The lowest BCUT2D eigenvalue weighted by molar-refractivity contribution is 0.0950. The van der Waals surface area contributed by atoms with Crippen molar-refractivity contribution >= 4 is 5.91 Å². The fraction of sp³-hybridized carbons (Fsp3) is 0.583. The Kier molecular flexibility index (Phi) is 5.04. The van der Waals surface area contributed by atoms with Gasteiger partial charge in [-0.3, -0.25) is 4.79 Å². The minimum Gasteiger partial charge on any atom is -0.352 e. The van der Waals surface area contributed by atoms with Crippen LogP contribution in [0.15, 0.2) is 18.5 Å². The van der Waals surface area contributed by atoms with Crippen LogP contribution in [0.4, 0.5) is 0 Å². The van der Waals surface area contributed by atoms with Gasteiger partial charge in [0.05, 0.1) is 18.0 Å². The number of rotatable bonds is 5. The summed E-state index contributed by atoms with van der Waals surface area (Å²) in [6, 6.07) is 1.67. The lowest BCUT2D eigenvalue weighted by atomic mass is 10.3. The van der Waals surface area contributed by atoms with Crippen LogP contribution in [0.25, 0.3) is 0 Å². The second-order valence-corrected chi connectivity index (χ2v) is 4.33. The van der Waals surface area contributed by atoms with Crippen molar-refractivity contribution in [2.24, 2.45) is 0 Å². The number of hydrogen-bond acceptors (Lipinski definition) is 5. The van der Waals surface area contributed by atoms with Crippen LogP contribution in [0.1, 0.15) is 16.8 Å². The highest BCUT2D eigenvalue weighted by Crippen LogP contribution is 1.95. The SMILES string of the molecule is O=C(NCCCN1CCNCC1)c1ccnnc1. The maximum atomic E-state index is 11.7. The average molecular weight is 249 g/mol. The van der Waals surface area contributed by atoms with Gasteiger partial charge in [-0.25, -0.2) is 0 Å². The summed E-state index contributed by atoms with van der Waals surface area (Å²) in [5.74, 6) is -0.0785. The van der Waals surface area contributed by atoms with Gasteiger partial charge in [-0.1, -0.05) is 0 Å². The summed E-state index contributed by atoms with van der Waals surface area (Å²) in [7, 11) is 0. The van der Waals surface area contributed by atoms with E-state index in [4.69, 9.17) is 0 Å². The number of carbonyl (C=O) groups excluding carboxylic acids is 1. The van der Waals surface area contributed by atoms with Gasteiger partial charge in [-0.05, 0) is 19.0 Å². The third-order valence-corrected chi connectivity index (χ3v) is 2.99. The topological polar surface area (TPSA) is 70.2 Å². The Morgan fingerprint density at radius 1 is 1.39 bits per heavy atom. The summed E-state index contributed by atoms with van der Waals surface area (Å²) in [6.07, 6.45) is 3.98. The molecular formula is C12H19N5O. The molecule has 0 aliphatic carbocycles. The van der Waals surface area contributed by atoms with E-state index in [1.54, 1.807) is 6.07 Å². The van der Waals surface area contributed by atoms with Crippen LogP contribution in [0.5, 0.6) is 0 Å². The van der Waals surface area contributed by atoms with Gasteiger partial charge in [0.15, 0.2) is 0 Å². The zero-order chi connectivity index (χ0) is 12.6. The molecule has 1 aliphatic heterocycles. The minimum atomic E-state index is -0.0785. The zero-order valence-electron chi connectivity index (χ0n) is 10.4. The molecule has 1 amide bonds. The Labute approximate surface area is 107 Å². The number of aromatic nitrogens is 2. The van der Waals surface area contributed by atoms with Crippen LogP contribution in [-0.2, 0) is 0 Å². The molecule has 0 saturated carbocycles. The predicted octanol–water partition coefficient (Wildman–Crippen LogP) is -0.498. The van der Waals surface area contributed by atoms with E-state index in [0.29, 0.717) is 12.1 Å². The number of nitrogens with zero attached hydrogens (tertiary/aromatic N) is 3. The first-order valence-corrected chi connectivity index (χ1v) is 6.34. The highest BCUT2D eigenvalue weighted by molar-refractivity contribution is 5.93. The van der Waals surface area contributed by atoms with Crippen LogP contribution >= 0.6 is 0 Å². The van der Waals surface area contributed by atoms with Crippen LogP contribution in [0.2, 0.25) is 0 Å². The molecule has 2 heterocycles. The molecule has 0 unspecified atom stereocenters. The number of piperazine rings is 1. The first-order chi connectivity index (χ1) is 8.86. The monoisotopic (exact) mass is 249 g/mol. The molecule has 2 rings (SSSR count). The van der Waals surface area contributed by atoms with Crippen molar-refractivity contribution in [3.05, 3.63) is 24.0 Å². The third kappa shape index (κ3) is 4.05. The van der Waals surface area contributed by atoms with Crippen molar-refractivity contribution in [1.29, 1.82) is 0 Å². The van der Waals surface area contributed by atoms with Gasteiger partial charge in [0, 0.05) is 32.7 Å². The molecule has 1 fully saturated rings. The second kappa shape index (κ2) is 7.03. The van der Waals surface area contributed by atoms with Crippen molar-refractivity contribution in [2.45, 2.75) is 6.42 Å². The van der Waals surface area contributed by atoms with Gasteiger partial charge in [-0.2, -0.15) is 10.2 Å². The summed E-state index contributed by atoms with van der Waals surface area (Å²) >= 11 is 0. The molecule has 1 saturated heterocycles. The lowest BCUT2D eigenvalue weighted by Gasteiger charge is -2.27. The van der Waals surface area contributed by atoms with Gasteiger partial charge in [0.25, 0.3) is 5.91 Å². The molecule has 6 nitrogen and oxygen atoms in total. The van der Waals surface area contributed by atoms with E-state index in [1.807, 2.05) is 0 Å². The van der Waals surface area contributed by atoms with Crippen LogP contribution in [-0.4, -0.2) is 60.3 Å². The molecule has 1 aromatic heterocycles. The van der Waals surface area contributed by atoms with Gasteiger partial charge in [0.1, 0.15) is 0 Å². The molecule has 0 radical (unpaired) electrons. The van der Waals surface area contributed by atoms with Crippen molar-refractivity contribution in [1.82, 2.24) is 25.7 Å². The zero-order valence-corrected chi connectivity index (χ0v) is 10.4. The van der Waals surface area contributed by atoms with Gasteiger partial charge in [0.2, 0.25) is 0 Å². The quantitative estimate of drug-likeness (QED) is 0.689. The summed E-state index contributed by atoms with van der Waals surface area (Å²) in [5.41, 5.74) is 0.562. The van der Waals surface area contributed by atoms with Crippen molar-refractivity contribution in [3.63, 3.8) is 0 Å². The molecule has 1 aliphatic rings. The molecule has 0 aromatic carbocycles. The smallest absolute Gasteiger partial charge is 0.252 e. The number of nitrogens with one attached hydrogen (secondary N) is 2. The summed E-state index contributed by atoms with van der Waals surface area (Å²) in [4.78, 5) is 14.1. The van der Waals surface area contributed by atoms with Crippen LogP contribution in [0, 0.1) is 0 Å². The fourth-order valence-electron chi connectivity index (χ4n) is 1.97. The third-order valence-electron chi connectivity index (χ3n) is 2.99. The standard InChI is InChI=1S/C12H19N5O/c18-12(11-2-4-15-16-10-11)14-3-1-7-17-8-5-13-6-9-17/h2,4,10,13H,1,3,5-9H2,(H,14,18). The Morgan fingerprint density at radius 2 is 2.22 bits per heavy atom. The molecule has 0 atom stereocenters. The number of hydrogen-bond donors (Lipinski definition) is 2. The Hall–Kier alpha value is -1.53. The lowest BCUT2D eigenvalue weighted by Crippen LogP contribution is -2.44. The van der Waals surface area contributed by atoms with Gasteiger partial charge < -0.3 is 15.5 Å². The van der Waals surface area contributed by atoms with E-state index in [0.717, 1.165) is 39.1 Å². The van der Waals surface area contributed by atoms with E-state index in [9.17, 15) is 4.79 Å². The van der Waals surface area contributed by atoms with E-state index in [1.165, 1.54) is 12.4 Å². The van der Waals surface area contributed by atoms with Crippen molar-refractivity contribution in [3.8, 4) is 0 Å². The number of amides is 1. The fourth-order valence-corrected chi connectivity index (χ4v) is 1.97. The first-order valence-electron chi connectivity index (χ1n) is 6.34. The van der Waals surface area contributed by atoms with Crippen molar-refractivity contribution in [2.75, 3.05) is 39.3 Å². The molecule has 0 bridgehead atoms. The van der Waals surface area contributed by atoms with E-state index >= 15 is 0 Å². The summed E-state index contributed by atoms with van der Waals surface area (Å²) in [6.45, 7) is 6.07. The molecular weight excluding hydrogens is 230 g/mol. The number of carbonyl (C=O) groups is 1. The van der Waals surface area contributed by atoms with E-state index < -0.39 is 0 Å². The van der Waals surface area contributed by atoms with Crippen molar-refractivity contribution < 1.29 is 4.79 Å². The Bertz CT molecular complexity index is 364. The van der Waals surface area contributed by atoms with E-state index in [2.05, 4.69) is 25.7 Å². The highest BCUT2D eigenvalue weighted by atomic mass is 16.1. The summed E-state index contributed by atoms with van der Waals surface area (Å²) < 4.78 is 0. The predicted molar refractivity (Wildman–Crippen MR) is 68.3 cm³/mol.